The summed E-state index contributed by atoms with van der Waals surface area (Å²) in [6, 6.07) is 18.8. The Labute approximate surface area is 298 Å². The zero-order valence-corrected chi connectivity index (χ0v) is 30.4. The molecule has 50 heavy (non-hydrogen) atoms. The number of hydrogen-bond acceptors (Lipinski definition) is 8. The second-order valence-corrected chi connectivity index (χ2v) is 14.1. The number of anilines is 1. The molecule has 4 aromatic rings. The number of ether oxygens (including phenoxy) is 1. The van der Waals surface area contributed by atoms with Crippen molar-refractivity contribution in [1.29, 1.82) is 0 Å². The predicted molar refractivity (Wildman–Crippen MR) is 192 cm³/mol. The first-order chi connectivity index (χ1) is 23.2. The normalized spacial score (nSPS) is 16.8. The molecule has 0 bridgehead atoms. The molecule has 0 fully saturated rings. The number of hydrogen-bond donors (Lipinski definition) is 5. The number of aryl methyl sites for hydroxylation is 2. The molecule has 0 aliphatic carbocycles. The molecule has 11 heteroatoms. The van der Waals surface area contributed by atoms with Crippen molar-refractivity contribution in [3.8, 4) is 5.75 Å². The molecule has 0 spiro atoms. The van der Waals surface area contributed by atoms with Crippen LogP contribution < -0.4 is 10.5 Å². The van der Waals surface area contributed by atoms with E-state index in [9.17, 15) is 39.6 Å². The Balaban J connectivity index is 0.000000231. The molecular weight excluding hydrogens is 706 g/mol. The number of halogens is 1. The number of benzene rings is 4. The number of carboxylic acids is 2. The number of rotatable bonds is 8. The molecule has 3 atom stereocenters. The molecule has 6 N–H and O–H groups in total. The number of Topliss-reactive ketones (excluding diaryl/α,β-unsaturated/α-hetero) is 2. The van der Waals surface area contributed by atoms with Gasteiger partial charge < -0.3 is 30.9 Å². The summed E-state index contributed by atoms with van der Waals surface area (Å²) >= 11 is 3.51. The maximum atomic E-state index is 12.8. The van der Waals surface area contributed by atoms with Crippen molar-refractivity contribution in [3.63, 3.8) is 0 Å². The van der Waals surface area contributed by atoms with E-state index in [4.69, 9.17) is 10.5 Å². The SMILES string of the molecule is Cc1c(C)c2c(c(C)c1N)C(c1ccc(Br)cc1)C(C)(C)O2.Cc1ccc(C(=O)[C@@](O)(C(=O)O)[C@](O)(C(=O)O)C(=O)c2ccc(C)cc2)cc1. The Bertz CT molecular complexity index is 1910. The lowest BCUT2D eigenvalue weighted by atomic mass is 9.73. The molecule has 10 nitrogen and oxygen atoms in total. The molecule has 5 rings (SSSR count). The van der Waals surface area contributed by atoms with Crippen LogP contribution >= 0.6 is 15.9 Å². The van der Waals surface area contributed by atoms with Gasteiger partial charge >= 0.3 is 11.9 Å². The Morgan fingerprint density at radius 2 is 1.08 bits per heavy atom. The molecule has 0 aromatic heterocycles. The third-order valence-corrected chi connectivity index (χ3v) is 9.87. The van der Waals surface area contributed by atoms with E-state index in [0.717, 1.165) is 56.9 Å². The van der Waals surface area contributed by atoms with Crippen LogP contribution in [-0.2, 0) is 9.59 Å². The van der Waals surface area contributed by atoms with E-state index in [-0.39, 0.29) is 22.6 Å². The van der Waals surface area contributed by atoms with Crippen molar-refractivity contribution in [2.75, 3.05) is 5.73 Å². The average molecular weight is 747 g/mol. The Hall–Kier alpha value is -4.84. The van der Waals surface area contributed by atoms with Crippen LogP contribution in [0.15, 0.2) is 77.3 Å². The number of nitrogens with two attached hydrogens (primary N) is 1. The minimum absolute atomic E-state index is 0.192. The van der Waals surface area contributed by atoms with E-state index in [1.807, 2.05) is 0 Å². The molecule has 0 saturated heterocycles. The highest BCUT2D eigenvalue weighted by molar-refractivity contribution is 9.10. The summed E-state index contributed by atoms with van der Waals surface area (Å²) in [5.41, 5.74) is 5.62. The van der Waals surface area contributed by atoms with Gasteiger partial charge in [0.1, 0.15) is 11.4 Å². The summed E-state index contributed by atoms with van der Waals surface area (Å²) in [4.78, 5) is 49.1. The molecule has 1 aliphatic heterocycles. The van der Waals surface area contributed by atoms with E-state index in [1.165, 1.54) is 35.4 Å². The first kappa shape index (κ1) is 38.0. The van der Waals surface area contributed by atoms with Crippen LogP contribution in [0.25, 0.3) is 0 Å². The number of nitrogen functional groups attached to an aromatic ring is 1. The number of fused-ring (bicyclic) bond motifs is 1. The van der Waals surface area contributed by atoms with Gasteiger partial charge in [0, 0.05) is 26.9 Å². The topological polar surface area (TPSA) is 184 Å². The van der Waals surface area contributed by atoms with Gasteiger partial charge in [0.2, 0.25) is 11.6 Å². The fraction of sp³-hybridized carbons (Fsp3) is 0.282. The number of carboxylic acid groups (broad SMARTS) is 2. The van der Waals surface area contributed by atoms with Crippen molar-refractivity contribution in [2.24, 2.45) is 0 Å². The number of aliphatic hydroxyl groups is 2. The van der Waals surface area contributed by atoms with Crippen molar-refractivity contribution in [2.45, 2.75) is 71.2 Å². The number of ketones is 2. The first-order valence-electron chi connectivity index (χ1n) is 15.7. The van der Waals surface area contributed by atoms with Gasteiger partial charge in [-0.3, -0.25) is 9.59 Å². The summed E-state index contributed by atoms with van der Waals surface area (Å²) in [5.74, 6) is -6.80. The Morgan fingerprint density at radius 1 is 0.680 bits per heavy atom. The van der Waals surface area contributed by atoms with Gasteiger partial charge in [-0.25, -0.2) is 9.59 Å². The number of carbonyl (C=O) groups is 4. The smallest absolute Gasteiger partial charge is 0.348 e. The van der Waals surface area contributed by atoms with E-state index >= 15 is 0 Å². The van der Waals surface area contributed by atoms with Gasteiger partial charge in [-0.1, -0.05) is 87.7 Å². The van der Waals surface area contributed by atoms with Crippen LogP contribution in [0.1, 0.15) is 79.4 Å². The van der Waals surface area contributed by atoms with E-state index in [2.05, 4.69) is 74.8 Å². The van der Waals surface area contributed by atoms with Gasteiger partial charge in [0.15, 0.2) is 0 Å². The maximum Gasteiger partial charge on any atom is 0.348 e. The molecule has 1 unspecified atom stereocenters. The molecular formula is C39H40BrNO9. The molecule has 0 amide bonds. The predicted octanol–water partition coefficient (Wildman–Crippen LogP) is 6.26. The minimum Gasteiger partial charge on any atom is -0.486 e. The highest BCUT2D eigenvalue weighted by Crippen LogP contribution is 2.53. The zero-order valence-electron chi connectivity index (χ0n) is 28.8. The van der Waals surface area contributed by atoms with Gasteiger partial charge in [0.25, 0.3) is 11.2 Å². The van der Waals surface area contributed by atoms with Crippen LogP contribution in [0.5, 0.6) is 5.75 Å². The van der Waals surface area contributed by atoms with Gasteiger partial charge in [-0.15, -0.1) is 0 Å². The second kappa shape index (κ2) is 13.8. The molecule has 1 heterocycles. The van der Waals surface area contributed by atoms with Crippen LogP contribution in [-0.4, -0.2) is 60.7 Å². The summed E-state index contributed by atoms with van der Waals surface area (Å²) in [5, 5.41) is 40.3. The first-order valence-corrected chi connectivity index (χ1v) is 16.5. The van der Waals surface area contributed by atoms with Crippen LogP contribution in [0.3, 0.4) is 0 Å². The summed E-state index contributed by atoms with van der Waals surface area (Å²) in [6.45, 7) is 14.0. The third-order valence-electron chi connectivity index (χ3n) is 9.34. The van der Waals surface area contributed by atoms with Gasteiger partial charge in [-0.05, 0) is 82.9 Å². The molecule has 0 saturated carbocycles. The summed E-state index contributed by atoms with van der Waals surface area (Å²) in [7, 11) is 0. The number of carbonyl (C=O) groups excluding carboxylic acids is 2. The Morgan fingerprint density at radius 3 is 1.46 bits per heavy atom. The van der Waals surface area contributed by atoms with Crippen molar-refractivity contribution < 1.29 is 44.3 Å². The minimum atomic E-state index is -3.96. The molecule has 262 valence electrons. The standard InChI is InChI=1S/C20H18O8.C19H22BrNO/c1-11-3-7-13(8-4-11)15(21)19(27,17(23)24)20(28,18(25)26)16(22)14-9-5-12(2)6-10-14;1-10-11(2)18-15(12(3)17(10)21)16(19(4,5)22-18)13-6-8-14(20)9-7-13/h3-10,27-28H,1-2H3,(H,23,24)(H,25,26);6-9,16H,21H2,1-5H3/t19-,20-;/m1./s1. The van der Waals surface area contributed by atoms with Crippen molar-refractivity contribution >= 4 is 45.1 Å². The maximum absolute atomic E-state index is 12.8. The fourth-order valence-electron chi connectivity index (χ4n) is 6.20. The Kier molecular flexibility index (Phi) is 10.5. The van der Waals surface area contributed by atoms with E-state index in [1.54, 1.807) is 13.8 Å². The highest BCUT2D eigenvalue weighted by atomic mass is 79.9. The quantitative estimate of drug-likeness (QED) is 0.0784. The van der Waals surface area contributed by atoms with Crippen molar-refractivity contribution in [1.82, 2.24) is 0 Å². The lowest BCUT2D eigenvalue weighted by molar-refractivity contribution is -0.187. The average Bonchev–Trinajstić information content (AvgIpc) is 3.37. The number of aliphatic carboxylic acids is 2. The highest BCUT2D eigenvalue weighted by Gasteiger charge is 2.69. The molecule has 4 aromatic carbocycles. The monoisotopic (exact) mass is 745 g/mol. The lowest BCUT2D eigenvalue weighted by Gasteiger charge is -2.34. The third kappa shape index (κ3) is 6.44. The summed E-state index contributed by atoms with van der Waals surface area (Å²) < 4.78 is 7.46. The lowest BCUT2D eigenvalue weighted by Crippen LogP contribution is -2.71. The largest absolute Gasteiger partial charge is 0.486 e. The molecule has 0 radical (unpaired) electrons. The zero-order chi connectivity index (χ0) is 37.5. The van der Waals surface area contributed by atoms with Crippen molar-refractivity contribution in [3.05, 3.63) is 127 Å². The van der Waals surface area contributed by atoms with E-state index < -0.39 is 34.7 Å². The van der Waals surface area contributed by atoms with Crippen LogP contribution in [0.4, 0.5) is 5.69 Å². The second-order valence-electron chi connectivity index (χ2n) is 13.1. The van der Waals surface area contributed by atoms with Gasteiger partial charge in [0.05, 0.1) is 5.92 Å². The molecule has 1 aliphatic rings. The fourth-order valence-corrected chi connectivity index (χ4v) is 6.47. The van der Waals surface area contributed by atoms with Crippen LogP contribution in [0.2, 0.25) is 0 Å². The van der Waals surface area contributed by atoms with Gasteiger partial charge in [-0.2, -0.15) is 0 Å². The summed E-state index contributed by atoms with van der Waals surface area (Å²) in [6.07, 6.45) is 0. The van der Waals surface area contributed by atoms with E-state index in [0.29, 0.717) is 11.1 Å². The van der Waals surface area contributed by atoms with Crippen LogP contribution in [0, 0.1) is 34.6 Å².